The summed E-state index contributed by atoms with van der Waals surface area (Å²) in [4.78, 5) is 0. The van der Waals surface area contributed by atoms with Crippen LogP contribution in [0.5, 0.6) is 0 Å². The van der Waals surface area contributed by atoms with E-state index in [9.17, 15) is 0 Å². The average molecular weight is 747 g/mol. The molecule has 2 atom stereocenters. The molecule has 2 unspecified atom stereocenters. The maximum absolute atomic E-state index is 6.25. The molecule has 0 aliphatic carbocycles. The maximum Gasteiger partial charge on any atom is 0.310 e. The van der Waals surface area contributed by atoms with Gasteiger partial charge in [0.15, 0.2) is 0 Å². The van der Waals surface area contributed by atoms with Crippen LogP contribution in [0.15, 0.2) is 0 Å². The second kappa shape index (κ2) is 37.6. The molecule has 0 aromatic carbocycles. The van der Waals surface area contributed by atoms with Crippen LogP contribution in [-0.2, 0) is 33.2 Å². The van der Waals surface area contributed by atoms with Gasteiger partial charge in [-0.2, -0.15) is 0 Å². The van der Waals surface area contributed by atoms with Gasteiger partial charge in [0.1, 0.15) is 6.10 Å². The largest absolute Gasteiger partial charge is 0.370 e. The smallest absolute Gasteiger partial charge is 0.310 e. The number of unbranched alkanes of at least 4 members (excludes halogenated alkanes) is 17. The van der Waals surface area contributed by atoms with Crippen LogP contribution in [0, 0.1) is 5.41 Å². The van der Waals surface area contributed by atoms with Crippen LogP contribution in [0.4, 0.5) is 0 Å². The first-order valence-corrected chi connectivity index (χ1v) is 22.7. The predicted octanol–water partition coefficient (Wildman–Crippen LogP) is 13.9. The molecule has 52 heavy (non-hydrogen) atoms. The van der Waals surface area contributed by atoms with Crippen molar-refractivity contribution in [1.29, 1.82) is 0 Å². The second-order valence-electron chi connectivity index (χ2n) is 14.6. The summed E-state index contributed by atoms with van der Waals surface area (Å²) in [6, 6.07) is 0. The Morgan fingerprint density at radius 2 is 0.654 bits per heavy atom. The molecule has 0 N–H and O–H groups in total. The topological polar surface area (TPSA) is 64.6 Å². The van der Waals surface area contributed by atoms with Crippen LogP contribution in [-0.4, -0.2) is 64.3 Å². The van der Waals surface area contributed by atoms with Crippen molar-refractivity contribution in [2.75, 3.05) is 46.2 Å². The third-order valence-electron chi connectivity index (χ3n) is 10.0. The van der Waals surface area contributed by atoms with Crippen LogP contribution in [0.2, 0.25) is 0 Å². The van der Waals surface area contributed by atoms with Crippen molar-refractivity contribution in [2.45, 2.75) is 242 Å². The van der Waals surface area contributed by atoms with E-state index in [0.717, 1.165) is 25.7 Å². The van der Waals surface area contributed by atoms with Crippen molar-refractivity contribution in [3.05, 3.63) is 0 Å². The second-order valence-corrected chi connectivity index (χ2v) is 14.6. The molecule has 0 saturated heterocycles. The van der Waals surface area contributed by atoms with Gasteiger partial charge in [-0.15, -0.1) is 0 Å². The summed E-state index contributed by atoms with van der Waals surface area (Å²) < 4.78 is 42.2. The zero-order valence-corrected chi connectivity index (χ0v) is 37.1. The molecule has 0 aliphatic heterocycles. The van der Waals surface area contributed by atoms with Crippen molar-refractivity contribution >= 4 is 0 Å². The molecule has 0 rings (SSSR count). The van der Waals surface area contributed by atoms with Gasteiger partial charge in [0.05, 0.1) is 0 Å². The third kappa shape index (κ3) is 24.3. The third-order valence-corrected chi connectivity index (χ3v) is 10.0. The van der Waals surface area contributed by atoms with E-state index in [4.69, 9.17) is 33.2 Å². The SMILES string of the molecule is CCCCCCCCC(OCC)C(OCC)(OCC)OCC.CCCCCCCCCCC(C)(CCCCCCCC)C(OCC)(OCC)OCC. The van der Waals surface area contributed by atoms with E-state index < -0.39 is 11.9 Å². The van der Waals surface area contributed by atoms with Crippen molar-refractivity contribution < 1.29 is 33.2 Å². The predicted molar refractivity (Wildman–Crippen MR) is 222 cm³/mol. The first-order valence-electron chi connectivity index (χ1n) is 22.7. The summed E-state index contributed by atoms with van der Waals surface area (Å²) in [7, 11) is 0. The fourth-order valence-electron chi connectivity index (χ4n) is 7.27. The molecule has 0 amide bonds. The molecule has 0 aliphatic rings. The zero-order valence-electron chi connectivity index (χ0n) is 37.1. The Hall–Kier alpha value is -0.280. The van der Waals surface area contributed by atoms with E-state index >= 15 is 0 Å². The summed E-state index contributed by atoms with van der Waals surface area (Å²) >= 11 is 0. The number of hydrogen-bond donors (Lipinski definition) is 0. The Bertz CT molecular complexity index is 671. The van der Waals surface area contributed by atoms with E-state index in [2.05, 4.69) is 27.7 Å². The Balaban J connectivity index is 0. The van der Waals surface area contributed by atoms with Crippen molar-refractivity contribution in [1.82, 2.24) is 0 Å². The highest BCUT2D eigenvalue weighted by Crippen LogP contribution is 2.45. The van der Waals surface area contributed by atoms with E-state index in [1.165, 1.54) is 122 Å². The highest BCUT2D eigenvalue weighted by atomic mass is 16.9. The van der Waals surface area contributed by atoms with Crippen LogP contribution in [0.1, 0.15) is 224 Å². The molecule has 0 spiro atoms. The molecule has 0 fully saturated rings. The molecule has 0 aromatic heterocycles. The molecule has 7 heteroatoms. The molecule has 0 heterocycles. The van der Waals surface area contributed by atoms with Gasteiger partial charge < -0.3 is 33.2 Å². The van der Waals surface area contributed by atoms with E-state index in [0.29, 0.717) is 46.2 Å². The summed E-state index contributed by atoms with van der Waals surface area (Å²) in [6.45, 7) is 27.3. The van der Waals surface area contributed by atoms with E-state index in [1.54, 1.807) is 0 Å². The number of ether oxygens (including phenoxy) is 7. The van der Waals surface area contributed by atoms with Gasteiger partial charge in [-0.3, -0.25) is 0 Å². The summed E-state index contributed by atoms with van der Waals surface area (Å²) in [5.41, 5.74) is -0.109. The quantitative estimate of drug-likeness (QED) is 0.0458. The molecule has 316 valence electrons. The molecule has 0 aromatic rings. The first-order chi connectivity index (χ1) is 25.3. The lowest BCUT2D eigenvalue weighted by atomic mass is 9.76. The van der Waals surface area contributed by atoms with E-state index in [-0.39, 0.29) is 11.5 Å². The van der Waals surface area contributed by atoms with Gasteiger partial charge in [0.25, 0.3) is 5.97 Å². The van der Waals surface area contributed by atoms with Gasteiger partial charge in [-0.1, -0.05) is 156 Å². The van der Waals surface area contributed by atoms with Crippen LogP contribution in [0.25, 0.3) is 0 Å². The lowest BCUT2D eigenvalue weighted by Crippen LogP contribution is -2.53. The Morgan fingerprint density at radius 1 is 0.346 bits per heavy atom. The Kier molecular flexibility index (Phi) is 39.0. The monoisotopic (exact) mass is 747 g/mol. The molecule has 0 saturated carbocycles. The maximum atomic E-state index is 6.25. The minimum absolute atomic E-state index is 0.109. The zero-order chi connectivity index (χ0) is 39.2. The number of rotatable bonds is 39. The molecule has 0 radical (unpaired) electrons. The number of hydrogen-bond acceptors (Lipinski definition) is 7. The molecular weight excluding hydrogens is 652 g/mol. The first kappa shape index (κ1) is 53.8. The summed E-state index contributed by atoms with van der Waals surface area (Å²) in [5, 5.41) is 0. The van der Waals surface area contributed by atoms with Crippen LogP contribution < -0.4 is 0 Å². The van der Waals surface area contributed by atoms with Gasteiger partial charge in [0.2, 0.25) is 0 Å². The fraction of sp³-hybridized carbons (Fsp3) is 1.00. The summed E-state index contributed by atoms with van der Waals surface area (Å²) in [6.07, 6.45) is 29.2. The van der Waals surface area contributed by atoms with Crippen molar-refractivity contribution in [3.8, 4) is 0 Å². The van der Waals surface area contributed by atoms with Gasteiger partial charge >= 0.3 is 5.97 Å². The standard InChI is InChI=1S/C27H56O3.C18H38O4/c1-7-12-14-16-18-19-21-23-25-26(6,24-22-20-17-15-13-8-2)27(28-9-3,29-10-4)30-11-5;1-6-11-12-13-14-15-16-17(19-7-2)18(20-8-3,21-9-4)22-10-5/h7-25H2,1-6H3;17H,6-16H2,1-5H3. The normalized spacial score (nSPS) is 13.9. The molecule has 7 nitrogen and oxygen atoms in total. The van der Waals surface area contributed by atoms with E-state index in [1.807, 2.05) is 48.5 Å². The highest BCUT2D eigenvalue weighted by molar-refractivity contribution is 4.86. The van der Waals surface area contributed by atoms with Crippen molar-refractivity contribution in [3.63, 3.8) is 0 Å². The van der Waals surface area contributed by atoms with Crippen molar-refractivity contribution in [2.24, 2.45) is 5.41 Å². The molecule has 0 bridgehead atoms. The van der Waals surface area contributed by atoms with Crippen LogP contribution >= 0.6 is 0 Å². The van der Waals surface area contributed by atoms with Gasteiger partial charge in [-0.25, -0.2) is 0 Å². The van der Waals surface area contributed by atoms with Gasteiger partial charge in [0, 0.05) is 51.7 Å². The Labute approximate surface area is 326 Å². The minimum Gasteiger partial charge on any atom is -0.370 e. The fourth-order valence-corrected chi connectivity index (χ4v) is 7.27. The average Bonchev–Trinajstić information content (AvgIpc) is 3.12. The highest BCUT2D eigenvalue weighted by Gasteiger charge is 2.51. The van der Waals surface area contributed by atoms with Gasteiger partial charge in [-0.05, 0) is 67.7 Å². The summed E-state index contributed by atoms with van der Waals surface area (Å²) in [5.74, 6) is -1.96. The molecular formula is C45H94O7. The lowest BCUT2D eigenvalue weighted by Gasteiger charge is -2.47. The van der Waals surface area contributed by atoms with Crippen LogP contribution in [0.3, 0.4) is 0 Å². The lowest BCUT2D eigenvalue weighted by molar-refractivity contribution is -0.427. The minimum atomic E-state index is -1.06. The Morgan fingerprint density at radius 3 is 0.962 bits per heavy atom.